The summed E-state index contributed by atoms with van der Waals surface area (Å²) in [5, 5.41) is 0. The zero-order valence-electron chi connectivity index (χ0n) is 38.6. The van der Waals surface area contributed by atoms with Gasteiger partial charge in [-0.25, -0.2) is 0 Å². The van der Waals surface area contributed by atoms with Crippen LogP contribution in [0.2, 0.25) is 0 Å². The number of rotatable bonds is 46. The minimum absolute atomic E-state index is 0.0204. The van der Waals surface area contributed by atoms with Crippen LogP contribution in [0.3, 0.4) is 0 Å². The second-order valence-electron chi connectivity index (χ2n) is 17.9. The zero-order chi connectivity index (χ0) is 42.0. The fourth-order valence-electron chi connectivity index (χ4n) is 7.10. The molecule has 0 aromatic rings. The zero-order valence-corrected chi connectivity index (χ0v) is 39.5. The number of phosphoric ester groups is 1. The largest absolute Gasteiger partial charge is 0.756 e. The molecule has 0 fully saturated rings. The second-order valence-corrected chi connectivity index (χ2v) is 19.3. The Morgan fingerprint density at radius 2 is 0.912 bits per heavy atom. The van der Waals surface area contributed by atoms with Crippen LogP contribution in [0.5, 0.6) is 0 Å². The van der Waals surface area contributed by atoms with Crippen molar-refractivity contribution in [2.24, 2.45) is 0 Å². The van der Waals surface area contributed by atoms with E-state index in [1.165, 1.54) is 186 Å². The Hall–Kier alpha value is -0.920. The number of unbranched alkanes of at least 4 members (excludes halogenated alkanes) is 32. The number of phosphoric acid groups is 1. The summed E-state index contributed by atoms with van der Waals surface area (Å²) in [6.07, 6.45) is 47.5. The smallest absolute Gasteiger partial charge is 0.306 e. The molecule has 1 unspecified atom stereocenters. The van der Waals surface area contributed by atoms with Gasteiger partial charge in [0.15, 0.2) is 6.10 Å². The number of ether oxygens (including phenoxy) is 2. The fraction of sp³-hybridized carbons (Fsp3) is 0.938. The van der Waals surface area contributed by atoms with Crippen LogP contribution in [0, 0.1) is 0 Å². The van der Waals surface area contributed by atoms with E-state index in [4.69, 9.17) is 18.5 Å². The fourth-order valence-corrected chi connectivity index (χ4v) is 7.83. The Kier molecular flexibility index (Phi) is 41.1. The van der Waals surface area contributed by atoms with Gasteiger partial charge in [0.2, 0.25) is 0 Å². The van der Waals surface area contributed by atoms with Crippen LogP contribution in [0.25, 0.3) is 0 Å². The van der Waals surface area contributed by atoms with Gasteiger partial charge in [0.1, 0.15) is 19.8 Å². The van der Waals surface area contributed by atoms with Crippen LogP contribution in [-0.4, -0.2) is 64.1 Å². The predicted octanol–water partition coefficient (Wildman–Crippen LogP) is 14.3. The Balaban J connectivity index is 4.14. The van der Waals surface area contributed by atoms with Crippen LogP contribution in [-0.2, 0) is 27.9 Å². The Morgan fingerprint density at radius 1 is 0.544 bits per heavy atom. The molecule has 8 nitrogen and oxygen atoms in total. The van der Waals surface area contributed by atoms with Crippen molar-refractivity contribution in [3.63, 3.8) is 0 Å². The van der Waals surface area contributed by atoms with E-state index < -0.39 is 13.9 Å². The lowest BCUT2D eigenvalue weighted by Gasteiger charge is -2.28. The molecule has 0 aliphatic heterocycles. The molecule has 0 saturated heterocycles. The van der Waals surface area contributed by atoms with Crippen LogP contribution >= 0.6 is 7.82 Å². The molecule has 57 heavy (non-hydrogen) atoms. The Labute approximate surface area is 354 Å². The summed E-state index contributed by atoms with van der Waals surface area (Å²) >= 11 is 0. The topological polar surface area (TPSA) is 94.1 Å². The van der Waals surface area contributed by atoms with Gasteiger partial charge in [-0.15, -0.1) is 0 Å². The number of quaternary nitrogens is 1. The third-order valence-electron chi connectivity index (χ3n) is 10.9. The summed E-state index contributed by atoms with van der Waals surface area (Å²) < 4.78 is 34.4. The van der Waals surface area contributed by atoms with Crippen molar-refractivity contribution in [3.8, 4) is 0 Å². The van der Waals surface area contributed by atoms with Gasteiger partial charge >= 0.3 is 5.97 Å². The molecule has 0 aromatic heterocycles. The maximum absolute atomic E-state index is 12.7. The van der Waals surface area contributed by atoms with E-state index in [9.17, 15) is 14.3 Å². The molecule has 340 valence electrons. The van der Waals surface area contributed by atoms with Gasteiger partial charge in [0.25, 0.3) is 7.82 Å². The van der Waals surface area contributed by atoms with Gasteiger partial charge in [-0.1, -0.05) is 213 Å². The van der Waals surface area contributed by atoms with Gasteiger partial charge in [0, 0.05) is 6.42 Å². The van der Waals surface area contributed by atoms with Crippen molar-refractivity contribution in [3.05, 3.63) is 12.3 Å². The van der Waals surface area contributed by atoms with Crippen molar-refractivity contribution in [2.45, 2.75) is 245 Å². The molecule has 0 N–H and O–H groups in total. The SMILES string of the molecule is CCCCCCCCCCCCCC/C=C/OC[C@H](COP(=O)([O-])OCC[N+](C)(C)C)OC(=O)CCCCCCCCCCCCCCCCCCCCCCC. The van der Waals surface area contributed by atoms with E-state index in [2.05, 4.69) is 13.8 Å². The average Bonchev–Trinajstić information content (AvgIpc) is 3.16. The number of likely N-dealkylation sites (N-methyl/N-ethyl adjacent to an activating group) is 1. The molecule has 0 rings (SSSR count). The summed E-state index contributed by atoms with van der Waals surface area (Å²) in [6.45, 7) is 4.78. The van der Waals surface area contributed by atoms with Crippen molar-refractivity contribution in [1.29, 1.82) is 0 Å². The van der Waals surface area contributed by atoms with Gasteiger partial charge in [-0.2, -0.15) is 0 Å². The van der Waals surface area contributed by atoms with E-state index in [0.29, 0.717) is 17.4 Å². The van der Waals surface area contributed by atoms with E-state index in [0.717, 1.165) is 32.1 Å². The minimum Gasteiger partial charge on any atom is -0.756 e. The van der Waals surface area contributed by atoms with Gasteiger partial charge in [-0.3, -0.25) is 9.36 Å². The van der Waals surface area contributed by atoms with Crippen molar-refractivity contribution < 1.29 is 37.3 Å². The third-order valence-corrected chi connectivity index (χ3v) is 11.9. The molecule has 9 heteroatoms. The normalized spacial score (nSPS) is 13.6. The van der Waals surface area contributed by atoms with Crippen molar-refractivity contribution >= 4 is 13.8 Å². The van der Waals surface area contributed by atoms with Gasteiger partial charge in [-0.05, 0) is 25.3 Å². The summed E-state index contributed by atoms with van der Waals surface area (Å²) in [5.41, 5.74) is 0. The lowest BCUT2D eigenvalue weighted by Crippen LogP contribution is -2.37. The Bertz CT molecular complexity index is 925. The molecule has 0 aromatic carbocycles. The lowest BCUT2D eigenvalue weighted by molar-refractivity contribution is -0.870. The van der Waals surface area contributed by atoms with Crippen LogP contribution in [0.4, 0.5) is 0 Å². The third kappa shape index (κ3) is 46.0. The highest BCUT2D eigenvalue weighted by Crippen LogP contribution is 2.38. The first-order valence-electron chi connectivity index (χ1n) is 24.5. The monoisotopic (exact) mass is 830 g/mol. The number of carbonyl (C=O) groups is 1. The molecule has 0 heterocycles. The molecular weight excluding hydrogens is 734 g/mol. The quantitative estimate of drug-likeness (QED) is 0.0198. The van der Waals surface area contributed by atoms with E-state index in [-0.39, 0.29) is 25.8 Å². The van der Waals surface area contributed by atoms with E-state index >= 15 is 0 Å². The van der Waals surface area contributed by atoms with Crippen LogP contribution in [0.1, 0.15) is 239 Å². The summed E-state index contributed by atoms with van der Waals surface area (Å²) in [5.74, 6) is -0.350. The molecule has 0 saturated carbocycles. The maximum Gasteiger partial charge on any atom is 0.306 e. The lowest BCUT2D eigenvalue weighted by atomic mass is 10.0. The number of nitrogens with zero attached hydrogens (tertiary/aromatic N) is 1. The van der Waals surface area contributed by atoms with E-state index in [1.807, 2.05) is 27.2 Å². The highest BCUT2D eigenvalue weighted by molar-refractivity contribution is 7.45. The van der Waals surface area contributed by atoms with Crippen LogP contribution in [0.15, 0.2) is 12.3 Å². The molecule has 0 bridgehead atoms. The maximum atomic E-state index is 12.7. The van der Waals surface area contributed by atoms with Crippen molar-refractivity contribution in [1.82, 2.24) is 0 Å². The molecule has 0 aliphatic carbocycles. The molecular formula is C48H96NO7P. The predicted molar refractivity (Wildman–Crippen MR) is 240 cm³/mol. The molecule has 0 spiro atoms. The first-order chi connectivity index (χ1) is 27.6. The number of allylic oxidation sites excluding steroid dienone is 1. The summed E-state index contributed by atoms with van der Waals surface area (Å²) in [7, 11) is 1.34. The highest BCUT2D eigenvalue weighted by Gasteiger charge is 2.20. The first-order valence-corrected chi connectivity index (χ1v) is 25.9. The average molecular weight is 830 g/mol. The molecule has 0 aliphatic rings. The number of carbonyl (C=O) groups excluding carboxylic acids is 1. The van der Waals surface area contributed by atoms with Crippen LogP contribution < -0.4 is 4.89 Å². The van der Waals surface area contributed by atoms with Gasteiger partial charge < -0.3 is 27.9 Å². The molecule has 2 atom stereocenters. The number of hydrogen-bond acceptors (Lipinski definition) is 7. The van der Waals surface area contributed by atoms with Gasteiger partial charge in [0.05, 0.1) is 34.0 Å². The summed E-state index contributed by atoms with van der Waals surface area (Å²) in [4.78, 5) is 25.1. The van der Waals surface area contributed by atoms with E-state index in [1.54, 1.807) is 6.26 Å². The Morgan fingerprint density at radius 3 is 1.30 bits per heavy atom. The summed E-state index contributed by atoms with van der Waals surface area (Å²) in [6, 6.07) is 0. The highest BCUT2D eigenvalue weighted by atomic mass is 31.2. The molecule has 0 radical (unpaired) electrons. The van der Waals surface area contributed by atoms with Crippen molar-refractivity contribution in [2.75, 3.05) is 47.5 Å². The minimum atomic E-state index is -4.54. The first kappa shape index (κ1) is 56.1. The standard InChI is InChI=1S/C48H96NO7P/c1-6-8-10-12-14-16-18-20-22-23-24-25-26-27-28-29-31-33-35-37-39-41-48(50)56-47(46-55-57(51,52)54-44-42-49(3,4)5)45-53-43-40-38-36-34-32-30-21-19-17-15-13-11-9-7-2/h40,43,47H,6-39,41-42,44-46H2,1-5H3/b43-40+/t47-/m1/s1. The number of esters is 1. The molecule has 0 amide bonds. The number of hydrogen-bond donors (Lipinski definition) is 0. The second kappa shape index (κ2) is 41.8.